The first-order chi connectivity index (χ1) is 8.99. The minimum atomic E-state index is -1.04. The van der Waals surface area contributed by atoms with Gasteiger partial charge in [0.2, 0.25) is 0 Å². The van der Waals surface area contributed by atoms with Gasteiger partial charge in [-0.15, -0.1) is 11.3 Å². The smallest absolute Gasteiger partial charge is 0.334 e. The van der Waals surface area contributed by atoms with Gasteiger partial charge in [0.1, 0.15) is 4.88 Å². The molecule has 0 aliphatic carbocycles. The van der Waals surface area contributed by atoms with E-state index in [1.165, 1.54) is 16.2 Å². The number of nitrogens with zero attached hydrogens (tertiary/aromatic N) is 2. The Bertz CT molecular complexity index is 486. The van der Waals surface area contributed by atoms with Gasteiger partial charge in [0.15, 0.2) is 6.10 Å². The number of aromatic nitrogens is 1. The second kappa shape index (κ2) is 5.66. The molecular weight excluding hydrogens is 268 g/mol. The van der Waals surface area contributed by atoms with Gasteiger partial charge in [-0.3, -0.25) is 4.79 Å². The van der Waals surface area contributed by atoms with Crippen molar-refractivity contribution < 1.29 is 19.4 Å². The summed E-state index contributed by atoms with van der Waals surface area (Å²) >= 11 is 1.36. The van der Waals surface area contributed by atoms with E-state index in [0.29, 0.717) is 11.4 Å². The lowest BCUT2D eigenvalue weighted by molar-refractivity contribution is -0.154. The van der Waals surface area contributed by atoms with Crippen molar-refractivity contribution in [1.82, 2.24) is 9.88 Å². The van der Waals surface area contributed by atoms with Gasteiger partial charge in [-0.2, -0.15) is 0 Å². The Balaban J connectivity index is 2.08. The highest BCUT2D eigenvalue weighted by atomic mass is 32.1. The van der Waals surface area contributed by atoms with Gasteiger partial charge in [0, 0.05) is 12.5 Å². The Hall–Kier alpha value is -1.47. The van der Waals surface area contributed by atoms with E-state index in [0.717, 1.165) is 5.01 Å². The average molecular weight is 284 g/mol. The molecule has 7 heteroatoms. The molecule has 1 aromatic rings. The van der Waals surface area contributed by atoms with Crippen LogP contribution >= 0.6 is 11.3 Å². The molecule has 104 valence electrons. The lowest BCUT2D eigenvalue weighted by Crippen LogP contribution is -2.48. The Morgan fingerprint density at radius 1 is 1.58 bits per heavy atom. The van der Waals surface area contributed by atoms with Crippen LogP contribution in [0.5, 0.6) is 0 Å². The zero-order valence-electron chi connectivity index (χ0n) is 10.8. The van der Waals surface area contributed by atoms with Crippen LogP contribution in [0.1, 0.15) is 34.4 Å². The summed E-state index contributed by atoms with van der Waals surface area (Å²) < 4.78 is 5.09. The fourth-order valence-corrected chi connectivity index (χ4v) is 2.68. The number of thiazole rings is 1. The zero-order valence-corrected chi connectivity index (χ0v) is 11.6. The van der Waals surface area contributed by atoms with Crippen molar-refractivity contribution in [2.45, 2.75) is 25.9 Å². The summed E-state index contributed by atoms with van der Waals surface area (Å²) in [6.45, 7) is 4.78. The normalized spacial score (nSPS) is 19.7. The van der Waals surface area contributed by atoms with Crippen LogP contribution in [-0.4, -0.2) is 52.7 Å². The van der Waals surface area contributed by atoms with E-state index < -0.39 is 12.1 Å². The fourth-order valence-electron chi connectivity index (χ4n) is 1.79. The van der Waals surface area contributed by atoms with E-state index in [4.69, 9.17) is 9.84 Å². The quantitative estimate of drug-likeness (QED) is 0.902. The Labute approximate surface area is 115 Å². The molecule has 0 radical (unpaired) electrons. The Kier molecular flexibility index (Phi) is 4.16. The molecule has 1 atom stereocenters. The monoisotopic (exact) mass is 284 g/mol. The van der Waals surface area contributed by atoms with Crippen LogP contribution in [0.2, 0.25) is 0 Å². The third kappa shape index (κ3) is 3.10. The van der Waals surface area contributed by atoms with Gasteiger partial charge in [0.25, 0.3) is 5.91 Å². The second-order valence-corrected chi connectivity index (χ2v) is 5.73. The zero-order chi connectivity index (χ0) is 14.0. The molecule has 1 fully saturated rings. The number of carbonyl (C=O) groups excluding carboxylic acids is 1. The van der Waals surface area contributed by atoms with Gasteiger partial charge in [-0.1, -0.05) is 13.8 Å². The molecule has 0 bridgehead atoms. The molecular formula is C12H16N2O4S. The fraction of sp³-hybridized carbons (Fsp3) is 0.583. The lowest BCUT2D eigenvalue weighted by Gasteiger charge is -2.30. The maximum Gasteiger partial charge on any atom is 0.334 e. The van der Waals surface area contributed by atoms with Crippen LogP contribution < -0.4 is 0 Å². The summed E-state index contributed by atoms with van der Waals surface area (Å²) in [7, 11) is 0. The van der Waals surface area contributed by atoms with E-state index in [-0.39, 0.29) is 25.0 Å². The van der Waals surface area contributed by atoms with Crippen LogP contribution in [0.4, 0.5) is 0 Å². The first-order valence-electron chi connectivity index (χ1n) is 6.08. The topological polar surface area (TPSA) is 79.7 Å². The van der Waals surface area contributed by atoms with Crippen LogP contribution in [0.25, 0.3) is 0 Å². The molecule has 1 aromatic heterocycles. The predicted molar refractivity (Wildman–Crippen MR) is 69.5 cm³/mol. The summed E-state index contributed by atoms with van der Waals surface area (Å²) in [5.41, 5.74) is 0. The van der Waals surface area contributed by atoms with Gasteiger partial charge in [-0.25, -0.2) is 9.78 Å². The SMILES string of the molecule is CC(C)c1ncc(C(=O)N2CCOC(C(=O)O)C2)s1. The molecule has 0 aromatic carbocycles. The molecule has 1 aliphatic heterocycles. The summed E-state index contributed by atoms with van der Waals surface area (Å²) in [6.07, 6.45) is 0.628. The minimum Gasteiger partial charge on any atom is -0.479 e. The van der Waals surface area contributed by atoms with Gasteiger partial charge in [0.05, 0.1) is 24.4 Å². The molecule has 0 saturated carbocycles. The van der Waals surface area contributed by atoms with Crippen LogP contribution in [0.3, 0.4) is 0 Å². The molecule has 0 spiro atoms. The van der Waals surface area contributed by atoms with E-state index in [2.05, 4.69) is 4.98 Å². The number of morpholine rings is 1. The molecule has 19 heavy (non-hydrogen) atoms. The number of amides is 1. The van der Waals surface area contributed by atoms with E-state index in [1.807, 2.05) is 13.8 Å². The van der Waals surface area contributed by atoms with Gasteiger partial charge < -0.3 is 14.7 Å². The Morgan fingerprint density at radius 2 is 2.32 bits per heavy atom. The minimum absolute atomic E-state index is 0.0864. The molecule has 1 unspecified atom stereocenters. The van der Waals surface area contributed by atoms with Crippen molar-refractivity contribution in [2.24, 2.45) is 0 Å². The number of ether oxygens (including phenoxy) is 1. The van der Waals surface area contributed by atoms with Crippen molar-refractivity contribution >= 4 is 23.2 Å². The van der Waals surface area contributed by atoms with Crippen molar-refractivity contribution in [3.05, 3.63) is 16.1 Å². The second-order valence-electron chi connectivity index (χ2n) is 4.67. The molecule has 1 amide bonds. The number of hydrogen-bond donors (Lipinski definition) is 1. The van der Waals surface area contributed by atoms with Gasteiger partial charge >= 0.3 is 5.97 Å². The number of carboxylic acids is 1. The average Bonchev–Trinajstić information content (AvgIpc) is 2.87. The van der Waals surface area contributed by atoms with E-state index in [1.54, 1.807) is 6.20 Å². The predicted octanol–water partition coefficient (Wildman–Crippen LogP) is 1.19. The maximum absolute atomic E-state index is 12.3. The molecule has 1 aliphatic rings. The lowest BCUT2D eigenvalue weighted by atomic mass is 10.2. The first kappa shape index (κ1) is 14.0. The number of hydrogen-bond acceptors (Lipinski definition) is 5. The van der Waals surface area contributed by atoms with E-state index in [9.17, 15) is 9.59 Å². The van der Waals surface area contributed by atoms with E-state index >= 15 is 0 Å². The highest BCUT2D eigenvalue weighted by Gasteiger charge is 2.30. The highest BCUT2D eigenvalue weighted by Crippen LogP contribution is 2.22. The highest BCUT2D eigenvalue weighted by molar-refractivity contribution is 7.13. The molecule has 2 heterocycles. The first-order valence-corrected chi connectivity index (χ1v) is 6.90. The Morgan fingerprint density at radius 3 is 2.89 bits per heavy atom. The number of carbonyl (C=O) groups is 2. The van der Waals surface area contributed by atoms with Crippen molar-refractivity contribution in [1.29, 1.82) is 0 Å². The standard InChI is InChI=1S/C12H16N2O4S/c1-7(2)10-13-5-9(19-10)11(15)14-3-4-18-8(6-14)12(16)17/h5,7-8H,3-4,6H2,1-2H3,(H,16,17). The van der Waals surface area contributed by atoms with Crippen LogP contribution in [0.15, 0.2) is 6.20 Å². The molecule has 6 nitrogen and oxygen atoms in total. The number of rotatable bonds is 3. The third-order valence-corrected chi connectivity index (χ3v) is 4.14. The third-order valence-electron chi connectivity index (χ3n) is 2.86. The summed E-state index contributed by atoms with van der Waals surface area (Å²) in [4.78, 5) is 29.4. The summed E-state index contributed by atoms with van der Waals surface area (Å²) in [6, 6.07) is 0. The number of aliphatic carboxylic acids is 1. The number of carboxylic acid groups (broad SMARTS) is 1. The van der Waals surface area contributed by atoms with Crippen molar-refractivity contribution in [3.63, 3.8) is 0 Å². The van der Waals surface area contributed by atoms with Crippen molar-refractivity contribution in [2.75, 3.05) is 19.7 Å². The molecule has 2 rings (SSSR count). The molecule has 1 N–H and O–H groups in total. The molecule has 1 saturated heterocycles. The van der Waals surface area contributed by atoms with Crippen LogP contribution in [0, 0.1) is 0 Å². The summed E-state index contributed by atoms with van der Waals surface area (Å²) in [5, 5.41) is 9.82. The van der Waals surface area contributed by atoms with Crippen molar-refractivity contribution in [3.8, 4) is 0 Å². The maximum atomic E-state index is 12.3. The van der Waals surface area contributed by atoms with Gasteiger partial charge in [-0.05, 0) is 0 Å². The largest absolute Gasteiger partial charge is 0.479 e. The van der Waals surface area contributed by atoms with Crippen LogP contribution in [-0.2, 0) is 9.53 Å². The summed E-state index contributed by atoms with van der Waals surface area (Å²) in [5.74, 6) is -0.924.